The molecule has 23 heavy (non-hydrogen) atoms. The van der Waals surface area contributed by atoms with Crippen LogP contribution in [0.25, 0.3) is 0 Å². The van der Waals surface area contributed by atoms with Gasteiger partial charge in [-0.2, -0.15) is 0 Å². The molecule has 1 saturated carbocycles. The first-order valence-electron chi connectivity index (χ1n) is 7.97. The molecule has 2 rings (SSSR count). The lowest BCUT2D eigenvalue weighted by atomic mass is 9.86. The van der Waals surface area contributed by atoms with Gasteiger partial charge in [0.05, 0.1) is 12.0 Å². The van der Waals surface area contributed by atoms with Crippen LogP contribution in [-0.2, 0) is 4.79 Å². The zero-order valence-corrected chi connectivity index (χ0v) is 13.3. The number of benzene rings is 1. The molecular weight excluding hydrogens is 296 g/mol. The molecule has 0 saturated heterocycles. The minimum Gasteiger partial charge on any atom is -0.481 e. The third-order valence-corrected chi connectivity index (χ3v) is 4.33. The lowest BCUT2D eigenvalue weighted by molar-refractivity contribution is -0.142. The summed E-state index contributed by atoms with van der Waals surface area (Å²) in [5.41, 5.74) is 1.88. The molecule has 0 aliphatic heterocycles. The highest BCUT2D eigenvalue weighted by atomic mass is 16.4. The van der Waals surface area contributed by atoms with Crippen LogP contribution in [0.1, 0.15) is 42.9 Å². The van der Waals surface area contributed by atoms with E-state index in [1.165, 1.54) is 0 Å². The summed E-state index contributed by atoms with van der Waals surface area (Å²) < 4.78 is 0. The van der Waals surface area contributed by atoms with Gasteiger partial charge in [0.25, 0.3) is 0 Å². The van der Waals surface area contributed by atoms with E-state index in [1.807, 2.05) is 31.2 Å². The van der Waals surface area contributed by atoms with Crippen molar-refractivity contribution in [3.63, 3.8) is 0 Å². The number of carboxylic acids is 1. The first-order chi connectivity index (χ1) is 11.0. The fraction of sp³-hybridized carbons (Fsp3) is 0.529. The summed E-state index contributed by atoms with van der Waals surface area (Å²) in [6.45, 7) is 2.11. The number of carboxylic acid groups (broad SMARTS) is 1. The zero-order chi connectivity index (χ0) is 16.8. The van der Waals surface area contributed by atoms with Crippen LogP contribution in [0.2, 0.25) is 0 Å². The van der Waals surface area contributed by atoms with Crippen LogP contribution in [0.15, 0.2) is 24.3 Å². The van der Waals surface area contributed by atoms with Crippen LogP contribution in [0.4, 0.5) is 4.79 Å². The Balaban J connectivity index is 1.71. The number of carbonyl (C=O) groups excluding carboxylic acids is 1. The zero-order valence-electron chi connectivity index (χ0n) is 13.3. The number of carbonyl (C=O) groups is 2. The lowest BCUT2D eigenvalue weighted by Gasteiger charge is -2.27. The Labute approximate surface area is 135 Å². The second-order valence-corrected chi connectivity index (χ2v) is 6.17. The van der Waals surface area contributed by atoms with E-state index in [-0.39, 0.29) is 24.5 Å². The summed E-state index contributed by atoms with van der Waals surface area (Å²) in [6, 6.07) is 7.19. The predicted molar refractivity (Wildman–Crippen MR) is 86.1 cm³/mol. The Morgan fingerprint density at radius 3 is 2.35 bits per heavy atom. The number of aliphatic carboxylic acids is 1. The Morgan fingerprint density at radius 2 is 1.78 bits per heavy atom. The van der Waals surface area contributed by atoms with Gasteiger partial charge in [-0.3, -0.25) is 4.79 Å². The van der Waals surface area contributed by atoms with Crippen molar-refractivity contribution in [1.29, 1.82) is 0 Å². The average Bonchev–Trinajstić information content (AvgIpc) is 2.54. The molecule has 1 aliphatic carbocycles. The number of nitrogens with one attached hydrogen (secondary N) is 2. The third kappa shape index (κ3) is 5.25. The molecule has 1 aromatic carbocycles. The van der Waals surface area contributed by atoms with E-state index >= 15 is 0 Å². The van der Waals surface area contributed by atoms with Crippen molar-refractivity contribution >= 4 is 12.0 Å². The van der Waals surface area contributed by atoms with Gasteiger partial charge in [0.15, 0.2) is 0 Å². The normalized spacial score (nSPS) is 22.2. The number of amides is 2. The van der Waals surface area contributed by atoms with Crippen LogP contribution in [0.3, 0.4) is 0 Å². The quantitative estimate of drug-likeness (QED) is 0.666. The van der Waals surface area contributed by atoms with Crippen molar-refractivity contribution in [3.05, 3.63) is 35.4 Å². The Kier molecular flexibility index (Phi) is 5.98. The number of aryl methyl sites for hydroxylation is 1. The third-order valence-electron chi connectivity index (χ3n) is 4.33. The van der Waals surface area contributed by atoms with Crippen LogP contribution >= 0.6 is 0 Å². The molecule has 0 spiro atoms. The van der Waals surface area contributed by atoms with E-state index in [1.54, 1.807) is 0 Å². The highest BCUT2D eigenvalue weighted by Crippen LogP contribution is 2.24. The van der Waals surface area contributed by atoms with Gasteiger partial charge in [-0.25, -0.2) is 4.79 Å². The standard InChI is InChI=1S/C17H24N2O4/c1-11-2-4-12(5-3-11)15(20)10-18-17(23)19-14-8-6-13(7-9-14)16(21)22/h2-5,13-15,20H,6-10H2,1H3,(H,21,22)(H2,18,19,23)/t13?,14?,15-/m0/s1. The second kappa shape index (κ2) is 7.97. The van der Waals surface area contributed by atoms with E-state index in [9.17, 15) is 14.7 Å². The Hall–Kier alpha value is -2.08. The van der Waals surface area contributed by atoms with Crippen molar-refractivity contribution in [3.8, 4) is 0 Å². The highest BCUT2D eigenvalue weighted by Gasteiger charge is 2.26. The SMILES string of the molecule is Cc1ccc([C@@H](O)CNC(=O)NC2CCC(C(=O)O)CC2)cc1. The van der Waals surface area contributed by atoms with Crippen molar-refractivity contribution in [2.75, 3.05) is 6.54 Å². The lowest BCUT2D eigenvalue weighted by Crippen LogP contribution is -2.45. The molecule has 2 amide bonds. The molecule has 0 heterocycles. The van der Waals surface area contributed by atoms with Crippen LogP contribution in [-0.4, -0.2) is 34.8 Å². The molecule has 1 aliphatic rings. The number of aliphatic hydroxyl groups is 1. The minimum atomic E-state index is -0.755. The van der Waals surface area contributed by atoms with Crippen molar-refractivity contribution in [2.45, 2.75) is 44.8 Å². The summed E-state index contributed by atoms with van der Waals surface area (Å²) in [5.74, 6) is -1.05. The van der Waals surface area contributed by atoms with Gasteiger partial charge >= 0.3 is 12.0 Å². The maximum absolute atomic E-state index is 11.9. The maximum atomic E-state index is 11.9. The fourth-order valence-electron chi connectivity index (χ4n) is 2.82. The van der Waals surface area contributed by atoms with Gasteiger partial charge in [0.2, 0.25) is 0 Å². The molecule has 1 aromatic rings. The van der Waals surface area contributed by atoms with Gasteiger partial charge in [-0.1, -0.05) is 29.8 Å². The molecule has 4 N–H and O–H groups in total. The minimum absolute atomic E-state index is 0.00196. The number of aliphatic hydroxyl groups excluding tert-OH is 1. The number of hydrogen-bond acceptors (Lipinski definition) is 3. The summed E-state index contributed by atoms with van der Waals surface area (Å²) in [5, 5.41) is 24.5. The average molecular weight is 320 g/mol. The van der Waals surface area contributed by atoms with E-state index < -0.39 is 12.1 Å². The first kappa shape index (κ1) is 17.3. The molecular formula is C17H24N2O4. The molecule has 0 bridgehead atoms. The monoisotopic (exact) mass is 320 g/mol. The van der Waals surface area contributed by atoms with Crippen molar-refractivity contribution in [2.24, 2.45) is 5.92 Å². The molecule has 0 aromatic heterocycles. The van der Waals surface area contributed by atoms with Gasteiger partial charge in [0.1, 0.15) is 0 Å². The molecule has 126 valence electrons. The Morgan fingerprint density at radius 1 is 1.17 bits per heavy atom. The summed E-state index contributed by atoms with van der Waals surface area (Å²) >= 11 is 0. The van der Waals surface area contributed by atoms with Gasteiger partial charge in [0, 0.05) is 12.6 Å². The largest absolute Gasteiger partial charge is 0.481 e. The van der Waals surface area contributed by atoms with E-state index in [0.717, 1.165) is 11.1 Å². The van der Waals surface area contributed by atoms with E-state index in [2.05, 4.69) is 10.6 Å². The Bertz CT molecular complexity index is 536. The van der Waals surface area contributed by atoms with Crippen LogP contribution < -0.4 is 10.6 Å². The summed E-state index contributed by atoms with van der Waals surface area (Å²) in [6.07, 6.45) is 1.78. The first-order valence-corrected chi connectivity index (χ1v) is 7.97. The summed E-state index contributed by atoms with van der Waals surface area (Å²) in [4.78, 5) is 22.8. The van der Waals surface area contributed by atoms with E-state index in [0.29, 0.717) is 25.7 Å². The molecule has 1 fully saturated rings. The van der Waals surface area contributed by atoms with Crippen molar-refractivity contribution in [1.82, 2.24) is 10.6 Å². The van der Waals surface area contributed by atoms with Gasteiger partial charge < -0.3 is 20.8 Å². The molecule has 6 nitrogen and oxygen atoms in total. The predicted octanol–water partition coefficient (Wildman–Crippen LogP) is 1.97. The maximum Gasteiger partial charge on any atom is 0.315 e. The van der Waals surface area contributed by atoms with Crippen LogP contribution in [0.5, 0.6) is 0 Å². The van der Waals surface area contributed by atoms with Gasteiger partial charge in [-0.15, -0.1) is 0 Å². The van der Waals surface area contributed by atoms with Crippen LogP contribution in [0, 0.1) is 12.8 Å². The molecule has 1 atom stereocenters. The molecule has 6 heteroatoms. The van der Waals surface area contributed by atoms with Gasteiger partial charge in [-0.05, 0) is 38.2 Å². The fourth-order valence-corrected chi connectivity index (χ4v) is 2.82. The number of urea groups is 1. The molecule has 0 unspecified atom stereocenters. The molecule has 0 radical (unpaired) electrons. The smallest absolute Gasteiger partial charge is 0.315 e. The highest BCUT2D eigenvalue weighted by molar-refractivity contribution is 5.74. The number of rotatable bonds is 5. The number of hydrogen-bond donors (Lipinski definition) is 4. The second-order valence-electron chi connectivity index (χ2n) is 6.17. The summed E-state index contributed by atoms with van der Waals surface area (Å²) in [7, 11) is 0. The topological polar surface area (TPSA) is 98.7 Å². The van der Waals surface area contributed by atoms with E-state index in [4.69, 9.17) is 5.11 Å². The van der Waals surface area contributed by atoms with Crippen molar-refractivity contribution < 1.29 is 19.8 Å².